The predicted molar refractivity (Wildman–Crippen MR) is 87.6 cm³/mol. The van der Waals surface area contributed by atoms with Crippen LogP contribution in [0.5, 0.6) is 0 Å². The Labute approximate surface area is 135 Å². The summed E-state index contributed by atoms with van der Waals surface area (Å²) in [6.45, 7) is 0.870. The van der Waals surface area contributed by atoms with Gasteiger partial charge in [0.1, 0.15) is 0 Å². The van der Waals surface area contributed by atoms with Gasteiger partial charge in [-0.15, -0.1) is 0 Å². The van der Waals surface area contributed by atoms with Crippen molar-refractivity contribution in [3.8, 4) is 0 Å². The van der Waals surface area contributed by atoms with Crippen LogP contribution in [0.25, 0.3) is 0 Å². The Morgan fingerprint density at radius 1 is 1.09 bits per heavy atom. The van der Waals surface area contributed by atoms with Crippen LogP contribution in [0.4, 0.5) is 0 Å². The largest absolute Gasteiger partial charge is 0.395 e. The molecule has 0 atom stereocenters. The van der Waals surface area contributed by atoms with E-state index in [-0.39, 0.29) is 18.9 Å². The molecule has 0 aromatic heterocycles. The van der Waals surface area contributed by atoms with Crippen molar-refractivity contribution >= 4 is 10.0 Å². The van der Waals surface area contributed by atoms with Crippen molar-refractivity contribution in [2.45, 2.75) is 57.8 Å². The Bertz CT molecular complexity index is 370. The third kappa shape index (κ3) is 7.87. The SMILES string of the molecule is NCCCCCCS(=O)(=O)N(CCO)OCC1CCCCC1. The van der Waals surface area contributed by atoms with E-state index in [9.17, 15) is 8.42 Å². The molecule has 0 aromatic rings. The average Bonchev–Trinajstić information content (AvgIpc) is 2.52. The summed E-state index contributed by atoms with van der Waals surface area (Å²) < 4.78 is 25.6. The van der Waals surface area contributed by atoms with Gasteiger partial charge in [0, 0.05) is 0 Å². The topological polar surface area (TPSA) is 92.9 Å². The number of nitrogens with two attached hydrogens (primary N) is 1. The van der Waals surface area contributed by atoms with Gasteiger partial charge >= 0.3 is 0 Å². The first-order valence-electron chi connectivity index (χ1n) is 8.54. The number of hydrogen-bond acceptors (Lipinski definition) is 5. The molecule has 0 aromatic carbocycles. The van der Waals surface area contributed by atoms with E-state index in [0.29, 0.717) is 25.5 Å². The van der Waals surface area contributed by atoms with Crippen LogP contribution in [0, 0.1) is 5.92 Å². The molecular formula is C15H32N2O4S. The van der Waals surface area contributed by atoms with Crippen molar-refractivity contribution in [2.24, 2.45) is 11.7 Å². The normalized spacial score (nSPS) is 17.2. The van der Waals surface area contributed by atoms with E-state index in [2.05, 4.69) is 0 Å². The molecule has 0 heterocycles. The van der Waals surface area contributed by atoms with Crippen LogP contribution in [-0.2, 0) is 14.9 Å². The van der Waals surface area contributed by atoms with Crippen LogP contribution in [0.15, 0.2) is 0 Å². The van der Waals surface area contributed by atoms with Gasteiger partial charge in [-0.3, -0.25) is 4.84 Å². The first-order chi connectivity index (χ1) is 10.6. The predicted octanol–water partition coefficient (Wildman–Crippen LogP) is 1.64. The maximum absolute atomic E-state index is 12.3. The molecule has 22 heavy (non-hydrogen) atoms. The summed E-state index contributed by atoms with van der Waals surface area (Å²) in [5, 5.41) is 9.08. The van der Waals surface area contributed by atoms with E-state index in [4.69, 9.17) is 15.7 Å². The zero-order chi connectivity index (χ0) is 16.3. The standard InChI is InChI=1S/C15H32N2O4S/c16-10-6-1-2-7-13-22(19,20)17(11-12-18)21-14-15-8-4-3-5-9-15/h15,18H,1-14,16H2. The minimum Gasteiger partial charge on any atom is -0.395 e. The van der Waals surface area contributed by atoms with E-state index in [1.165, 1.54) is 19.3 Å². The van der Waals surface area contributed by atoms with Crippen LogP contribution in [-0.4, -0.2) is 50.0 Å². The quantitative estimate of drug-likeness (QED) is 0.417. The van der Waals surface area contributed by atoms with Crippen LogP contribution in [0.3, 0.4) is 0 Å². The zero-order valence-corrected chi connectivity index (χ0v) is 14.4. The maximum atomic E-state index is 12.3. The summed E-state index contributed by atoms with van der Waals surface area (Å²) in [6.07, 6.45) is 9.20. The van der Waals surface area contributed by atoms with Crippen molar-refractivity contribution < 1.29 is 18.4 Å². The van der Waals surface area contributed by atoms with Gasteiger partial charge in [-0.2, -0.15) is 0 Å². The summed E-state index contributed by atoms with van der Waals surface area (Å²) in [5.74, 6) is 0.511. The molecule has 132 valence electrons. The number of sulfonamides is 1. The molecule has 1 aliphatic carbocycles. The van der Waals surface area contributed by atoms with Gasteiger partial charge in [-0.1, -0.05) is 36.6 Å². The highest BCUT2D eigenvalue weighted by Gasteiger charge is 2.24. The molecule has 1 aliphatic rings. The first-order valence-corrected chi connectivity index (χ1v) is 10.2. The molecule has 7 heteroatoms. The minimum absolute atomic E-state index is 0.0118. The Kier molecular flexibility index (Phi) is 10.2. The number of hydrogen-bond donors (Lipinski definition) is 2. The van der Waals surface area contributed by atoms with Gasteiger partial charge in [0.25, 0.3) is 0 Å². The van der Waals surface area contributed by atoms with Crippen LogP contribution < -0.4 is 5.73 Å². The lowest BCUT2D eigenvalue weighted by atomic mass is 9.90. The minimum atomic E-state index is -3.45. The summed E-state index contributed by atoms with van der Waals surface area (Å²) in [4.78, 5) is 5.53. The second kappa shape index (κ2) is 11.3. The van der Waals surface area contributed by atoms with Gasteiger partial charge in [0.15, 0.2) is 0 Å². The van der Waals surface area contributed by atoms with Crippen LogP contribution in [0.2, 0.25) is 0 Å². The molecule has 0 aliphatic heterocycles. The monoisotopic (exact) mass is 336 g/mol. The van der Waals surface area contributed by atoms with E-state index < -0.39 is 10.0 Å². The van der Waals surface area contributed by atoms with Gasteiger partial charge in [0.05, 0.1) is 25.5 Å². The molecule has 1 saturated carbocycles. The number of nitrogens with zero attached hydrogens (tertiary/aromatic N) is 1. The molecule has 0 bridgehead atoms. The van der Waals surface area contributed by atoms with E-state index >= 15 is 0 Å². The Morgan fingerprint density at radius 2 is 1.77 bits per heavy atom. The van der Waals surface area contributed by atoms with Crippen molar-refractivity contribution in [1.82, 2.24) is 4.47 Å². The molecule has 0 saturated heterocycles. The summed E-state index contributed by atoms with van der Waals surface area (Å²) in [6, 6.07) is 0. The van der Waals surface area contributed by atoms with Crippen LogP contribution in [0.1, 0.15) is 57.8 Å². The summed E-state index contributed by atoms with van der Waals surface area (Å²) in [5.41, 5.74) is 5.42. The molecular weight excluding hydrogens is 304 g/mol. The molecule has 1 rings (SSSR count). The highest BCUT2D eigenvalue weighted by molar-refractivity contribution is 7.88. The fourth-order valence-corrected chi connectivity index (χ4v) is 4.15. The molecule has 6 nitrogen and oxygen atoms in total. The Hall–Kier alpha value is -0.210. The van der Waals surface area contributed by atoms with Crippen molar-refractivity contribution in [1.29, 1.82) is 0 Å². The fourth-order valence-electron chi connectivity index (χ4n) is 2.79. The van der Waals surface area contributed by atoms with Gasteiger partial charge in [-0.05, 0) is 38.1 Å². The van der Waals surface area contributed by atoms with Crippen molar-refractivity contribution in [3.05, 3.63) is 0 Å². The fraction of sp³-hybridized carbons (Fsp3) is 1.00. The second-order valence-electron chi connectivity index (χ2n) is 6.07. The third-order valence-electron chi connectivity index (χ3n) is 4.13. The molecule has 0 unspecified atom stereocenters. The number of aliphatic hydroxyl groups is 1. The number of rotatable bonds is 12. The smallest absolute Gasteiger partial charge is 0.236 e. The van der Waals surface area contributed by atoms with Gasteiger partial charge < -0.3 is 10.8 Å². The van der Waals surface area contributed by atoms with Crippen LogP contribution >= 0.6 is 0 Å². The molecule has 0 amide bonds. The second-order valence-corrected chi connectivity index (χ2v) is 8.05. The number of hydroxylamine groups is 1. The first kappa shape index (κ1) is 19.8. The number of unbranched alkanes of at least 4 members (excludes halogenated alkanes) is 3. The molecule has 1 fully saturated rings. The lowest BCUT2D eigenvalue weighted by Gasteiger charge is -2.26. The Balaban J connectivity index is 2.37. The third-order valence-corrected chi connectivity index (χ3v) is 5.84. The van der Waals surface area contributed by atoms with E-state index in [1.54, 1.807) is 0 Å². The average molecular weight is 336 g/mol. The molecule has 0 spiro atoms. The van der Waals surface area contributed by atoms with Gasteiger partial charge in [-0.25, -0.2) is 8.42 Å². The molecule has 0 radical (unpaired) electrons. The van der Waals surface area contributed by atoms with E-state index in [0.717, 1.165) is 36.6 Å². The van der Waals surface area contributed by atoms with Crippen molar-refractivity contribution in [3.63, 3.8) is 0 Å². The molecule has 3 N–H and O–H groups in total. The van der Waals surface area contributed by atoms with E-state index in [1.807, 2.05) is 0 Å². The highest BCUT2D eigenvalue weighted by Crippen LogP contribution is 2.24. The highest BCUT2D eigenvalue weighted by atomic mass is 32.2. The zero-order valence-electron chi connectivity index (χ0n) is 13.6. The van der Waals surface area contributed by atoms with Gasteiger partial charge in [0.2, 0.25) is 10.0 Å². The lowest BCUT2D eigenvalue weighted by molar-refractivity contribution is -0.107. The lowest BCUT2D eigenvalue weighted by Crippen LogP contribution is -2.37. The maximum Gasteiger partial charge on any atom is 0.236 e. The Morgan fingerprint density at radius 3 is 2.41 bits per heavy atom. The summed E-state index contributed by atoms with van der Waals surface area (Å²) in [7, 11) is -3.45. The van der Waals surface area contributed by atoms with Crippen molar-refractivity contribution in [2.75, 3.05) is 32.1 Å². The number of aliphatic hydroxyl groups excluding tert-OH is 1. The summed E-state index contributed by atoms with van der Waals surface area (Å²) >= 11 is 0.